The maximum absolute atomic E-state index is 12.8. The normalized spacial score (nSPS) is 15.7. The Morgan fingerprint density at radius 2 is 1.71 bits per heavy atom. The van der Waals surface area contributed by atoms with Crippen molar-refractivity contribution < 1.29 is 17.7 Å². The van der Waals surface area contributed by atoms with Crippen molar-refractivity contribution in [2.24, 2.45) is 0 Å². The minimum Gasteiger partial charge on any atom is -0.360 e. The molecule has 0 atom stereocenters. The highest BCUT2D eigenvalue weighted by Gasteiger charge is 2.33. The molecule has 2 rings (SSSR count). The SMILES string of the molecule is Cc1noc(C)c1S(=O)(=O)N1CCN(CC(=O)N(CCC#N)CCC#N)CC1. The highest BCUT2D eigenvalue weighted by atomic mass is 32.2. The molecule has 0 unspecified atom stereocenters. The third kappa shape index (κ3) is 5.07. The summed E-state index contributed by atoms with van der Waals surface area (Å²) in [6, 6.07) is 4.00. The molecule has 0 aromatic carbocycles. The van der Waals surface area contributed by atoms with E-state index >= 15 is 0 Å². The number of carbonyl (C=O) groups excluding carboxylic acids is 1. The molecule has 28 heavy (non-hydrogen) atoms. The van der Waals surface area contributed by atoms with Crippen molar-refractivity contribution >= 4 is 15.9 Å². The molecule has 1 aromatic rings. The van der Waals surface area contributed by atoms with E-state index in [1.54, 1.807) is 13.8 Å². The zero-order valence-corrected chi connectivity index (χ0v) is 16.9. The Bertz CT molecular complexity index is 837. The Hall–Kier alpha value is -2.47. The van der Waals surface area contributed by atoms with Gasteiger partial charge in [0.1, 0.15) is 10.6 Å². The molecule has 1 amide bonds. The van der Waals surface area contributed by atoms with Crippen molar-refractivity contribution in [3.05, 3.63) is 11.5 Å². The van der Waals surface area contributed by atoms with Gasteiger partial charge in [-0.3, -0.25) is 9.69 Å². The van der Waals surface area contributed by atoms with Crippen molar-refractivity contribution in [3.8, 4) is 12.1 Å². The van der Waals surface area contributed by atoms with Crippen LogP contribution >= 0.6 is 0 Å². The van der Waals surface area contributed by atoms with Gasteiger partial charge in [0.05, 0.1) is 31.5 Å². The second kappa shape index (κ2) is 9.64. The largest absolute Gasteiger partial charge is 0.360 e. The van der Waals surface area contributed by atoms with Gasteiger partial charge in [0.25, 0.3) is 0 Å². The number of carbonyl (C=O) groups is 1. The molecule has 11 heteroatoms. The number of piperazine rings is 1. The fraction of sp³-hybridized carbons (Fsp3) is 0.647. The summed E-state index contributed by atoms with van der Waals surface area (Å²) in [5, 5.41) is 21.2. The molecule has 0 aliphatic carbocycles. The van der Waals surface area contributed by atoms with E-state index in [1.807, 2.05) is 17.0 Å². The van der Waals surface area contributed by atoms with Crippen molar-refractivity contribution in [2.45, 2.75) is 31.6 Å². The van der Waals surface area contributed by atoms with Gasteiger partial charge in [0.15, 0.2) is 5.76 Å². The molecule has 1 saturated heterocycles. The Morgan fingerprint density at radius 1 is 1.14 bits per heavy atom. The first-order chi connectivity index (χ1) is 13.3. The number of hydrogen-bond donors (Lipinski definition) is 0. The van der Waals surface area contributed by atoms with E-state index in [1.165, 1.54) is 9.21 Å². The predicted molar refractivity (Wildman–Crippen MR) is 98.2 cm³/mol. The molecule has 1 aromatic heterocycles. The van der Waals surface area contributed by atoms with Gasteiger partial charge in [0, 0.05) is 39.3 Å². The van der Waals surface area contributed by atoms with Crippen LogP contribution in [0, 0.1) is 36.5 Å². The van der Waals surface area contributed by atoms with Crippen molar-refractivity contribution in [2.75, 3.05) is 45.8 Å². The summed E-state index contributed by atoms with van der Waals surface area (Å²) in [6.45, 7) is 5.22. The highest BCUT2D eigenvalue weighted by molar-refractivity contribution is 7.89. The van der Waals surface area contributed by atoms with E-state index in [2.05, 4.69) is 5.16 Å². The number of nitrogens with zero attached hydrogens (tertiary/aromatic N) is 6. The molecule has 1 aliphatic rings. The lowest BCUT2D eigenvalue weighted by atomic mass is 10.3. The average molecular weight is 408 g/mol. The summed E-state index contributed by atoms with van der Waals surface area (Å²) in [4.78, 5) is 16.0. The van der Waals surface area contributed by atoms with Gasteiger partial charge in [-0.15, -0.1) is 0 Å². The number of rotatable bonds is 8. The van der Waals surface area contributed by atoms with Crippen LogP contribution in [0.1, 0.15) is 24.3 Å². The molecule has 0 radical (unpaired) electrons. The molecule has 1 aliphatic heterocycles. The molecule has 10 nitrogen and oxygen atoms in total. The Balaban J connectivity index is 1.95. The maximum atomic E-state index is 12.8. The Morgan fingerprint density at radius 3 is 2.18 bits per heavy atom. The van der Waals surface area contributed by atoms with Crippen molar-refractivity contribution in [3.63, 3.8) is 0 Å². The second-order valence-electron chi connectivity index (χ2n) is 6.53. The smallest absolute Gasteiger partial charge is 0.248 e. The first-order valence-electron chi connectivity index (χ1n) is 8.98. The summed E-state index contributed by atoms with van der Waals surface area (Å²) in [7, 11) is -3.69. The van der Waals surface area contributed by atoms with Gasteiger partial charge >= 0.3 is 0 Å². The van der Waals surface area contributed by atoms with E-state index in [9.17, 15) is 13.2 Å². The number of hydrogen-bond acceptors (Lipinski definition) is 8. The molecule has 2 heterocycles. The van der Waals surface area contributed by atoms with Crippen LogP contribution in [-0.4, -0.2) is 79.4 Å². The van der Waals surface area contributed by atoms with Crippen molar-refractivity contribution in [1.82, 2.24) is 19.3 Å². The maximum Gasteiger partial charge on any atom is 0.248 e. The first kappa shape index (κ1) is 21.8. The standard InChI is InChI=1S/C17H24N6O4S/c1-14-17(15(2)27-20-14)28(25,26)23-11-9-21(10-12-23)13-16(24)22(7-3-5-18)8-4-6-19/h3-4,7-13H2,1-2H3. The zero-order valence-electron chi connectivity index (χ0n) is 16.1. The molecular weight excluding hydrogens is 384 g/mol. The third-order valence-electron chi connectivity index (χ3n) is 4.60. The fourth-order valence-electron chi connectivity index (χ4n) is 3.12. The monoisotopic (exact) mass is 408 g/mol. The van der Waals surface area contributed by atoms with Crippen LogP contribution in [0.5, 0.6) is 0 Å². The van der Waals surface area contributed by atoms with E-state index in [-0.39, 0.29) is 62.1 Å². The van der Waals surface area contributed by atoms with Crippen LogP contribution in [0.25, 0.3) is 0 Å². The van der Waals surface area contributed by atoms with Crippen LogP contribution in [-0.2, 0) is 14.8 Å². The van der Waals surface area contributed by atoms with Crippen molar-refractivity contribution in [1.29, 1.82) is 10.5 Å². The van der Waals surface area contributed by atoms with Gasteiger partial charge in [-0.05, 0) is 13.8 Å². The molecule has 0 saturated carbocycles. The summed E-state index contributed by atoms with van der Waals surface area (Å²) in [5.41, 5.74) is 0.334. The predicted octanol–water partition coefficient (Wildman–Crippen LogP) is 0.254. The molecule has 152 valence electrons. The van der Waals surface area contributed by atoms with Crippen LogP contribution < -0.4 is 0 Å². The number of sulfonamides is 1. The minimum atomic E-state index is -3.69. The van der Waals surface area contributed by atoms with Crippen LogP contribution in [0.3, 0.4) is 0 Å². The lowest BCUT2D eigenvalue weighted by Crippen LogP contribution is -2.51. The van der Waals surface area contributed by atoms with E-state index < -0.39 is 10.0 Å². The molecule has 0 spiro atoms. The van der Waals surface area contributed by atoms with Gasteiger partial charge < -0.3 is 9.42 Å². The summed E-state index contributed by atoms with van der Waals surface area (Å²) in [6.07, 6.45) is 0.418. The lowest BCUT2D eigenvalue weighted by molar-refractivity contribution is -0.132. The van der Waals surface area contributed by atoms with Crippen LogP contribution in [0.2, 0.25) is 0 Å². The van der Waals surface area contributed by atoms with Gasteiger partial charge in [-0.2, -0.15) is 14.8 Å². The van der Waals surface area contributed by atoms with E-state index in [4.69, 9.17) is 15.0 Å². The zero-order chi connectivity index (χ0) is 20.7. The number of aromatic nitrogens is 1. The number of amides is 1. The topological polar surface area (TPSA) is 135 Å². The first-order valence-corrected chi connectivity index (χ1v) is 10.4. The molecule has 0 N–H and O–H groups in total. The second-order valence-corrected chi connectivity index (χ2v) is 8.41. The van der Waals surface area contributed by atoms with E-state index in [0.29, 0.717) is 18.8 Å². The molecule has 0 bridgehead atoms. The summed E-state index contributed by atoms with van der Waals surface area (Å²) < 4.78 is 32.0. The third-order valence-corrected chi connectivity index (χ3v) is 6.74. The number of nitriles is 2. The number of aryl methyl sites for hydroxylation is 2. The van der Waals surface area contributed by atoms with Crippen LogP contribution in [0.4, 0.5) is 0 Å². The summed E-state index contributed by atoms with van der Waals surface area (Å²) in [5.74, 6) is 0.105. The molecular formula is C17H24N6O4S. The lowest BCUT2D eigenvalue weighted by Gasteiger charge is -2.34. The fourth-order valence-corrected chi connectivity index (χ4v) is 4.84. The summed E-state index contributed by atoms with van der Waals surface area (Å²) >= 11 is 0. The Labute approximate surface area is 164 Å². The average Bonchev–Trinajstić information content (AvgIpc) is 3.01. The van der Waals surface area contributed by atoms with E-state index in [0.717, 1.165) is 0 Å². The van der Waals surface area contributed by atoms with Crippen LogP contribution in [0.15, 0.2) is 9.42 Å². The molecule has 1 fully saturated rings. The van der Waals surface area contributed by atoms with Gasteiger partial charge in [-0.1, -0.05) is 5.16 Å². The highest BCUT2D eigenvalue weighted by Crippen LogP contribution is 2.24. The quantitative estimate of drug-likeness (QED) is 0.597. The minimum absolute atomic E-state index is 0.108. The Kier molecular flexibility index (Phi) is 7.52. The van der Waals surface area contributed by atoms with Gasteiger partial charge in [-0.25, -0.2) is 8.42 Å². The van der Waals surface area contributed by atoms with Gasteiger partial charge in [0.2, 0.25) is 15.9 Å².